The number of hydrogen-bond acceptors (Lipinski definition) is 5. The van der Waals surface area contributed by atoms with Gasteiger partial charge < -0.3 is 10.1 Å². The molecule has 3 heterocycles. The Morgan fingerprint density at radius 1 is 1.10 bits per heavy atom. The van der Waals surface area contributed by atoms with Crippen LogP contribution in [-0.2, 0) is 6.54 Å². The summed E-state index contributed by atoms with van der Waals surface area (Å²) < 4.78 is 7.53. The first-order valence-electron chi connectivity index (χ1n) is 10.2. The first-order valence-corrected chi connectivity index (χ1v) is 10.2. The Morgan fingerprint density at radius 3 is 2.76 bits per heavy atom. The zero-order chi connectivity index (χ0) is 20.1. The van der Waals surface area contributed by atoms with Gasteiger partial charge in [-0.05, 0) is 42.8 Å². The predicted octanol–water partition coefficient (Wildman–Crippen LogP) is 3.71. The molecular formula is C22H25N5O2. The summed E-state index contributed by atoms with van der Waals surface area (Å²) in [7, 11) is 0. The maximum absolute atomic E-state index is 12.0. The highest BCUT2D eigenvalue weighted by molar-refractivity contribution is 5.94. The smallest absolute Gasteiger partial charge is 0.269 e. The maximum Gasteiger partial charge on any atom is 0.269 e. The summed E-state index contributed by atoms with van der Waals surface area (Å²) in [6.07, 6.45) is 6.47. The van der Waals surface area contributed by atoms with Crippen LogP contribution in [-0.4, -0.2) is 38.8 Å². The zero-order valence-electron chi connectivity index (χ0n) is 16.6. The standard InChI is InChI=1S/C22H25N5O2/c1-2-3-4-5-14-29-17-8-6-16(7-9-17)21-23-11-10-18(25-21)19-15-20-22(28)24-12-13-27(20)26-19/h6-11,15H,2-5,12-14H2,1H3,(H,24,28). The predicted molar refractivity (Wildman–Crippen MR) is 111 cm³/mol. The molecule has 3 aromatic rings. The van der Waals surface area contributed by atoms with Crippen LogP contribution in [0, 0.1) is 0 Å². The van der Waals surface area contributed by atoms with Crippen LogP contribution in [0.4, 0.5) is 0 Å². The molecule has 0 fully saturated rings. The Morgan fingerprint density at radius 2 is 1.97 bits per heavy atom. The van der Waals surface area contributed by atoms with Crippen LogP contribution in [0.3, 0.4) is 0 Å². The fourth-order valence-electron chi connectivity index (χ4n) is 3.32. The molecule has 29 heavy (non-hydrogen) atoms. The molecule has 2 aromatic heterocycles. The van der Waals surface area contributed by atoms with Crippen LogP contribution in [0.15, 0.2) is 42.6 Å². The van der Waals surface area contributed by atoms with E-state index in [1.54, 1.807) is 16.9 Å². The fraction of sp³-hybridized carbons (Fsp3) is 0.364. The lowest BCUT2D eigenvalue weighted by atomic mass is 10.2. The van der Waals surface area contributed by atoms with E-state index in [4.69, 9.17) is 4.74 Å². The van der Waals surface area contributed by atoms with E-state index in [1.165, 1.54) is 19.3 Å². The molecule has 0 aliphatic carbocycles. The quantitative estimate of drug-likeness (QED) is 0.592. The molecule has 1 amide bonds. The summed E-state index contributed by atoms with van der Waals surface area (Å²) in [6.45, 7) is 4.20. The van der Waals surface area contributed by atoms with E-state index in [0.717, 1.165) is 24.3 Å². The van der Waals surface area contributed by atoms with Crippen LogP contribution in [0.2, 0.25) is 0 Å². The van der Waals surface area contributed by atoms with Crippen molar-refractivity contribution in [1.82, 2.24) is 25.1 Å². The number of unbranched alkanes of at least 4 members (excludes halogenated alkanes) is 3. The number of carbonyl (C=O) groups excluding carboxylic acids is 1. The Hall–Kier alpha value is -3.22. The summed E-state index contributed by atoms with van der Waals surface area (Å²) in [6, 6.07) is 11.4. The summed E-state index contributed by atoms with van der Waals surface area (Å²) >= 11 is 0. The van der Waals surface area contributed by atoms with Crippen molar-refractivity contribution in [2.45, 2.75) is 39.2 Å². The van der Waals surface area contributed by atoms with E-state index in [1.807, 2.05) is 30.3 Å². The van der Waals surface area contributed by atoms with E-state index in [0.29, 0.717) is 36.0 Å². The monoisotopic (exact) mass is 391 g/mol. The zero-order valence-corrected chi connectivity index (χ0v) is 16.6. The third kappa shape index (κ3) is 4.45. The lowest BCUT2D eigenvalue weighted by molar-refractivity contribution is 0.0924. The van der Waals surface area contributed by atoms with Crippen LogP contribution in [0.1, 0.15) is 43.1 Å². The Bertz CT molecular complexity index is 981. The lowest BCUT2D eigenvalue weighted by Gasteiger charge is -2.13. The summed E-state index contributed by atoms with van der Waals surface area (Å²) in [5, 5.41) is 7.35. The third-order valence-corrected chi connectivity index (χ3v) is 4.92. The van der Waals surface area contributed by atoms with Gasteiger partial charge in [-0.15, -0.1) is 0 Å². The number of nitrogens with zero attached hydrogens (tertiary/aromatic N) is 4. The number of ether oxygens (including phenoxy) is 1. The van der Waals surface area contributed by atoms with Gasteiger partial charge in [-0.25, -0.2) is 9.97 Å². The van der Waals surface area contributed by atoms with E-state index in [2.05, 4.69) is 27.3 Å². The first-order chi connectivity index (χ1) is 14.2. The third-order valence-electron chi connectivity index (χ3n) is 4.92. The van der Waals surface area contributed by atoms with E-state index in [-0.39, 0.29) is 5.91 Å². The van der Waals surface area contributed by atoms with Crippen molar-refractivity contribution >= 4 is 5.91 Å². The summed E-state index contributed by atoms with van der Waals surface area (Å²) in [5.74, 6) is 1.37. The van der Waals surface area contributed by atoms with E-state index >= 15 is 0 Å². The van der Waals surface area contributed by atoms with E-state index in [9.17, 15) is 4.79 Å². The topological polar surface area (TPSA) is 81.9 Å². The Kier molecular flexibility index (Phi) is 5.84. The molecule has 0 spiro atoms. The maximum atomic E-state index is 12.0. The van der Waals surface area contributed by atoms with E-state index < -0.39 is 0 Å². The van der Waals surface area contributed by atoms with Gasteiger partial charge in [0.1, 0.15) is 17.1 Å². The van der Waals surface area contributed by atoms with Gasteiger partial charge in [-0.1, -0.05) is 26.2 Å². The first kappa shape index (κ1) is 19.1. The highest BCUT2D eigenvalue weighted by atomic mass is 16.5. The van der Waals surface area contributed by atoms with Crippen molar-refractivity contribution in [3.8, 4) is 28.5 Å². The van der Waals surface area contributed by atoms with Crippen LogP contribution < -0.4 is 10.1 Å². The van der Waals surface area contributed by atoms with Gasteiger partial charge in [0.25, 0.3) is 5.91 Å². The van der Waals surface area contributed by atoms with Gasteiger partial charge in [0, 0.05) is 18.3 Å². The van der Waals surface area contributed by atoms with Crippen LogP contribution in [0.5, 0.6) is 5.75 Å². The average Bonchev–Trinajstić information content (AvgIpc) is 3.20. The minimum atomic E-state index is -0.102. The number of fused-ring (bicyclic) bond motifs is 1. The molecule has 0 unspecified atom stereocenters. The van der Waals surface area contributed by atoms with Gasteiger partial charge in [0.15, 0.2) is 5.82 Å². The van der Waals surface area contributed by atoms with Gasteiger partial charge in [-0.2, -0.15) is 5.10 Å². The molecule has 0 atom stereocenters. The van der Waals surface area contributed by atoms with Crippen LogP contribution >= 0.6 is 0 Å². The number of benzene rings is 1. The molecule has 0 radical (unpaired) electrons. The van der Waals surface area contributed by atoms with Crippen LogP contribution in [0.25, 0.3) is 22.8 Å². The second-order valence-electron chi connectivity index (χ2n) is 7.09. The molecule has 0 saturated carbocycles. The molecule has 1 N–H and O–H groups in total. The van der Waals surface area contributed by atoms with Gasteiger partial charge >= 0.3 is 0 Å². The summed E-state index contributed by atoms with van der Waals surface area (Å²) in [4.78, 5) is 21.0. The van der Waals surface area contributed by atoms with Crippen molar-refractivity contribution < 1.29 is 9.53 Å². The number of hydrogen-bond donors (Lipinski definition) is 1. The van der Waals surface area contributed by atoms with Crippen molar-refractivity contribution in [1.29, 1.82) is 0 Å². The van der Waals surface area contributed by atoms with Crippen molar-refractivity contribution in [3.63, 3.8) is 0 Å². The molecule has 4 rings (SSSR count). The van der Waals surface area contributed by atoms with Gasteiger partial charge in [0.2, 0.25) is 0 Å². The summed E-state index contributed by atoms with van der Waals surface area (Å²) in [5.41, 5.74) is 2.84. The van der Waals surface area contributed by atoms with Gasteiger partial charge in [-0.3, -0.25) is 9.48 Å². The van der Waals surface area contributed by atoms with Gasteiger partial charge in [0.05, 0.1) is 18.8 Å². The molecule has 7 heteroatoms. The molecule has 150 valence electrons. The second kappa shape index (κ2) is 8.86. The number of nitrogens with one attached hydrogen (secondary N) is 1. The highest BCUT2D eigenvalue weighted by Crippen LogP contribution is 2.23. The van der Waals surface area contributed by atoms with Crippen molar-refractivity contribution in [2.24, 2.45) is 0 Å². The molecule has 0 saturated heterocycles. The minimum absolute atomic E-state index is 0.102. The molecule has 1 aromatic carbocycles. The molecule has 1 aliphatic rings. The molecule has 0 bridgehead atoms. The number of aromatic nitrogens is 4. The lowest BCUT2D eigenvalue weighted by Crippen LogP contribution is -2.35. The fourth-order valence-corrected chi connectivity index (χ4v) is 3.32. The largest absolute Gasteiger partial charge is 0.494 e. The molecule has 7 nitrogen and oxygen atoms in total. The number of carbonyl (C=O) groups is 1. The highest BCUT2D eigenvalue weighted by Gasteiger charge is 2.20. The number of amides is 1. The normalized spacial score (nSPS) is 13.1. The molecular weight excluding hydrogens is 366 g/mol. The Balaban J connectivity index is 1.47. The SMILES string of the molecule is CCCCCCOc1ccc(-c2nccc(-c3cc4n(n3)CCNC4=O)n2)cc1. The second-order valence-corrected chi connectivity index (χ2v) is 7.09. The minimum Gasteiger partial charge on any atom is -0.494 e. The Labute approximate surface area is 170 Å². The molecule has 1 aliphatic heterocycles. The van der Waals surface area contributed by atoms with Crippen molar-refractivity contribution in [2.75, 3.05) is 13.2 Å². The average molecular weight is 391 g/mol. The van der Waals surface area contributed by atoms with Crippen molar-refractivity contribution in [3.05, 3.63) is 48.3 Å². The number of rotatable bonds is 8.